The van der Waals surface area contributed by atoms with Crippen molar-refractivity contribution in [1.29, 1.82) is 0 Å². The Morgan fingerprint density at radius 3 is 1.59 bits per heavy atom. The lowest BCUT2D eigenvalue weighted by molar-refractivity contribution is 1.18. The molecule has 2 heteroatoms. The highest BCUT2D eigenvalue weighted by atomic mass is 15.2. The smallest absolute Gasteiger partial charge is 0.0562 e. The highest BCUT2D eigenvalue weighted by Crippen LogP contribution is 2.49. The summed E-state index contributed by atoms with van der Waals surface area (Å²) in [6, 6.07) is 83.9. The molecule has 11 aromatic rings. The van der Waals surface area contributed by atoms with Gasteiger partial charge in [0.05, 0.1) is 22.4 Å². The largest absolute Gasteiger partial charge is 0.309 e. The van der Waals surface area contributed by atoms with Gasteiger partial charge in [0.25, 0.3) is 0 Å². The van der Waals surface area contributed by atoms with Crippen LogP contribution in [-0.2, 0) is 0 Å². The van der Waals surface area contributed by atoms with Crippen molar-refractivity contribution in [2.45, 2.75) is 0 Å². The molecule has 0 amide bonds. The lowest BCUT2D eigenvalue weighted by Gasteiger charge is -2.30. The van der Waals surface area contributed by atoms with Gasteiger partial charge in [-0.15, -0.1) is 0 Å². The van der Waals surface area contributed by atoms with Crippen LogP contribution in [0.3, 0.4) is 0 Å². The molecule has 0 saturated heterocycles. The van der Waals surface area contributed by atoms with Crippen LogP contribution < -0.4 is 4.90 Å². The van der Waals surface area contributed by atoms with Crippen molar-refractivity contribution < 1.29 is 0 Å². The minimum Gasteiger partial charge on any atom is -0.309 e. The zero-order valence-electron chi connectivity index (χ0n) is 31.8. The Balaban J connectivity index is 1.25. The molecule has 10 aromatic carbocycles. The third-order valence-corrected chi connectivity index (χ3v) is 11.6. The molecule has 0 aliphatic heterocycles. The first-order valence-corrected chi connectivity index (χ1v) is 19.9. The first-order chi connectivity index (χ1) is 28.8. The van der Waals surface area contributed by atoms with Crippen molar-refractivity contribution in [2.75, 3.05) is 4.90 Å². The predicted molar refractivity (Wildman–Crippen MR) is 247 cm³/mol. The number of nitrogens with zero attached hydrogens (tertiary/aromatic N) is 2. The van der Waals surface area contributed by atoms with Crippen LogP contribution in [0.2, 0.25) is 0 Å². The third-order valence-electron chi connectivity index (χ3n) is 11.6. The SMILES string of the molecule is c1ccc(-c2ccc(N(c3cc(-c4cccc5ccccc45)ccc3-c3cccc4ccccc34)c3cccc4c3c3ccccc3n4-c3ccccc3)cc2)cc1. The fourth-order valence-corrected chi connectivity index (χ4v) is 8.93. The lowest BCUT2D eigenvalue weighted by atomic mass is 9.92. The second kappa shape index (κ2) is 14.1. The van der Waals surface area contributed by atoms with Gasteiger partial charge in [-0.05, 0) is 97.9 Å². The van der Waals surface area contributed by atoms with Crippen LogP contribution in [0.15, 0.2) is 231 Å². The molecule has 0 unspecified atom stereocenters. The summed E-state index contributed by atoms with van der Waals surface area (Å²) >= 11 is 0. The fraction of sp³-hybridized carbons (Fsp3) is 0. The number of fused-ring (bicyclic) bond motifs is 5. The Bertz CT molecular complexity index is 3260. The fourth-order valence-electron chi connectivity index (χ4n) is 8.93. The molecule has 0 atom stereocenters. The number of benzene rings is 10. The molecule has 0 fully saturated rings. The molecule has 11 rings (SSSR count). The van der Waals surface area contributed by atoms with E-state index in [0.717, 1.165) is 33.8 Å². The van der Waals surface area contributed by atoms with Crippen molar-refractivity contribution in [2.24, 2.45) is 0 Å². The quantitative estimate of drug-likeness (QED) is 0.158. The van der Waals surface area contributed by atoms with Crippen LogP contribution in [0.1, 0.15) is 0 Å². The average molecular weight is 739 g/mol. The molecule has 0 spiro atoms. The Labute approximate surface area is 338 Å². The van der Waals surface area contributed by atoms with E-state index < -0.39 is 0 Å². The standard InChI is InChI=1S/C56H38N2/c1-3-16-39(17-4-1)40-32-35-45(36-33-40)58(54-31-15-30-53-56(54)51-26-11-12-29-52(51)57(53)44-22-5-2-6-23-44)55-38-43(48-27-13-20-41-18-7-9-24-46(41)48)34-37-50(55)49-28-14-21-42-19-8-10-25-47(42)49/h1-38H. The molecule has 1 aromatic heterocycles. The minimum atomic E-state index is 1.08. The second-order valence-corrected chi connectivity index (χ2v) is 14.9. The maximum atomic E-state index is 2.50. The second-order valence-electron chi connectivity index (χ2n) is 14.9. The third kappa shape index (κ3) is 5.66. The Morgan fingerprint density at radius 2 is 0.845 bits per heavy atom. The van der Waals surface area contributed by atoms with E-state index in [4.69, 9.17) is 0 Å². The van der Waals surface area contributed by atoms with Crippen LogP contribution in [-0.4, -0.2) is 4.57 Å². The monoisotopic (exact) mass is 738 g/mol. The number of aromatic nitrogens is 1. The highest BCUT2D eigenvalue weighted by molar-refractivity contribution is 6.17. The summed E-state index contributed by atoms with van der Waals surface area (Å²) in [6.45, 7) is 0. The van der Waals surface area contributed by atoms with Crippen molar-refractivity contribution in [1.82, 2.24) is 4.57 Å². The van der Waals surface area contributed by atoms with Crippen LogP contribution >= 0.6 is 0 Å². The van der Waals surface area contributed by atoms with E-state index in [1.807, 2.05) is 0 Å². The molecule has 0 aliphatic carbocycles. The molecule has 0 saturated carbocycles. The molecule has 0 aliphatic rings. The number of hydrogen-bond donors (Lipinski definition) is 0. The Hall–Kier alpha value is -7.68. The summed E-state index contributed by atoms with van der Waals surface area (Å²) in [5.41, 5.74) is 13.9. The molecular formula is C56H38N2. The summed E-state index contributed by atoms with van der Waals surface area (Å²) < 4.78 is 2.41. The Morgan fingerprint density at radius 1 is 0.310 bits per heavy atom. The van der Waals surface area contributed by atoms with Crippen molar-refractivity contribution in [3.63, 3.8) is 0 Å². The molecule has 1 heterocycles. The lowest BCUT2D eigenvalue weighted by Crippen LogP contribution is -2.12. The van der Waals surface area contributed by atoms with Crippen LogP contribution in [0, 0.1) is 0 Å². The Kier molecular flexibility index (Phi) is 8.19. The van der Waals surface area contributed by atoms with E-state index in [1.165, 1.54) is 65.7 Å². The number of para-hydroxylation sites is 2. The molecule has 272 valence electrons. The van der Waals surface area contributed by atoms with E-state index in [2.05, 4.69) is 240 Å². The molecule has 0 bridgehead atoms. The molecule has 0 radical (unpaired) electrons. The predicted octanol–water partition coefficient (Wildman–Crippen LogP) is 15.6. The maximum Gasteiger partial charge on any atom is 0.0562 e. The van der Waals surface area contributed by atoms with Gasteiger partial charge >= 0.3 is 0 Å². The summed E-state index contributed by atoms with van der Waals surface area (Å²) in [5.74, 6) is 0. The van der Waals surface area contributed by atoms with Gasteiger partial charge in [-0.3, -0.25) is 0 Å². The van der Waals surface area contributed by atoms with Crippen LogP contribution in [0.4, 0.5) is 17.1 Å². The van der Waals surface area contributed by atoms with Crippen LogP contribution in [0.5, 0.6) is 0 Å². The molecule has 58 heavy (non-hydrogen) atoms. The van der Waals surface area contributed by atoms with E-state index in [-0.39, 0.29) is 0 Å². The van der Waals surface area contributed by atoms with Gasteiger partial charge in [-0.25, -0.2) is 0 Å². The summed E-state index contributed by atoms with van der Waals surface area (Å²) in [4.78, 5) is 2.50. The van der Waals surface area contributed by atoms with Gasteiger partial charge in [0, 0.05) is 27.7 Å². The molecular weight excluding hydrogens is 701 g/mol. The van der Waals surface area contributed by atoms with E-state index >= 15 is 0 Å². The van der Waals surface area contributed by atoms with E-state index in [1.54, 1.807) is 0 Å². The number of rotatable bonds is 7. The van der Waals surface area contributed by atoms with Crippen molar-refractivity contribution in [3.8, 4) is 39.1 Å². The first-order valence-electron chi connectivity index (χ1n) is 19.9. The van der Waals surface area contributed by atoms with E-state index in [0.29, 0.717) is 0 Å². The number of anilines is 3. The average Bonchev–Trinajstić information content (AvgIpc) is 3.65. The van der Waals surface area contributed by atoms with Gasteiger partial charge < -0.3 is 9.47 Å². The molecule has 2 nitrogen and oxygen atoms in total. The summed E-state index contributed by atoms with van der Waals surface area (Å²) in [5, 5.41) is 7.32. The van der Waals surface area contributed by atoms with Gasteiger partial charge in [0.1, 0.15) is 0 Å². The summed E-state index contributed by atoms with van der Waals surface area (Å²) in [7, 11) is 0. The van der Waals surface area contributed by atoms with Crippen molar-refractivity contribution >= 4 is 60.4 Å². The number of hydrogen-bond acceptors (Lipinski definition) is 1. The van der Waals surface area contributed by atoms with Crippen molar-refractivity contribution in [3.05, 3.63) is 231 Å². The van der Waals surface area contributed by atoms with Gasteiger partial charge in [0.15, 0.2) is 0 Å². The summed E-state index contributed by atoms with van der Waals surface area (Å²) in [6.07, 6.45) is 0. The molecule has 0 N–H and O–H groups in total. The topological polar surface area (TPSA) is 8.17 Å². The van der Waals surface area contributed by atoms with Crippen LogP contribution in [0.25, 0.3) is 82.4 Å². The van der Waals surface area contributed by atoms with Gasteiger partial charge in [0.2, 0.25) is 0 Å². The highest BCUT2D eigenvalue weighted by Gasteiger charge is 2.24. The maximum absolute atomic E-state index is 2.50. The van der Waals surface area contributed by atoms with Gasteiger partial charge in [-0.2, -0.15) is 0 Å². The minimum absolute atomic E-state index is 1.08. The normalized spacial score (nSPS) is 11.4. The zero-order valence-corrected chi connectivity index (χ0v) is 31.8. The first kappa shape index (κ1) is 33.6. The van der Waals surface area contributed by atoms with Gasteiger partial charge in [-0.1, -0.05) is 182 Å². The van der Waals surface area contributed by atoms with E-state index in [9.17, 15) is 0 Å². The zero-order chi connectivity index (χ0) is 38.4.